The Balaban J connectivity index is 2.07. The molecule has 1 aromatic carbocycles. The minimum absolute atomic E-state index is 0.118. The average Bonchev–Trinajstić information content (AvgIpc) is 2.37. The van der Waals surface area contributed by atoms with E-state index >= 15 is 0 Å². The van der Waals surface area contributed by atoms with Crippen LogP contribution < -0.4 is 10.1 Å². The first-order valence-corrected chi connectivity index (χ1v) is 6.33. The molecule has 0 atom stereocenters. The van der Waals surface area contributed by atoms with Crippen LogP contribution >= 0.6 is 15.9 Å². The quantitative estimate of drug-likeness (QED) is 0.840. The maximum atomic E-state index is 12.2. The lowest BCUT2D eigenvalue weighted by Crippen LogP contribution is -2.07. The average molecular weight is 329 g/mol. The fraction of sp³-hybridized carbons (Fsp3) is 0.154. The number of ether oxygens (including phenoxy) is 1. The summed E-state index contributed by atoms with van der Waals surface area (Å²) >= 11 is 3.27. The zero-order valence-electron chi connectivity index (χ0n) is 9.82. The summed E-state index contributed by atoms with van der Waals surface area (Å²) < 4.78 is 29.7. The number of nitrogens with one attached hydrogen (secondary N) is 1. The number of hydrogen-bond acceptors (Lipinski definition) is 3. The summed E-state index contributed by atoms with van der Waals surface area (Å²) in [5, 5.41) is 3.02. The number of alkyl halides is 2. The third-order valence-corrected chi connectivity index (χ3v) is 2.78. The molecule has 2 rings (SSSR count). The summed E-state index contributed by atoms with van der Waals surface area (Å²) in [6.45, 7) is -2.42. The van der Waals surface area contributed by atoms with Crippen LogP contribution in [-0.2, 0) is 6.54 Å². The van der Waals surface area contributed by atoms with Gasteiger partial charge in [-0.15, -0.1) is 0 Å². The highest BCUT2D eigenvalue weighted by molar-refractivity contribution is 9.10. The Morgan fingerprint density at radius 1 is 1.16 bits per heavy atom. The number of aromatic nitrogens is 1. The van der Waals surface area contributed by atoms with Gasteiger partial charge in [-0.25, -0.2) is 4.98 Å². The van der Waals surface area contributed by atoms with Gasteiger partial charge in [-0.3, -0.25) is 0 Å². The van der Waals surface area contributed by atoms with Crippen LogP contribution in [0.2, 0.25) is 0 Å². The molecule has 19 heavy (non-hydrogen) atoms. The van der Waals surface area contributed by atoms with Crippen LogP contribution in [0.4, 0.5) is 14.5 Å². The summed E-state index contributed by atoms with van der Waals surface area (Å²) in [5.41, 5.74) is 1.30. The maximum Gasteiger partial charge on any atom is 0.387 e. The van der Waals surface area contributed by atoms with E-state index in [0.29, 0.717) is 12.2 Å². The first-order valence-electron chi connectivity index (χ1n) is 5.54. The summed E-state index contributed by atoms with van der Waals surface area (Å²) in [4.78, 5) is 4.24. The highest BCUT2D eigenvalue weighted by Gasteiger charge is 2.08. The number of benzene rings is 1. The van der Waals surface area contributed by atoms with E-state index in [1.807, 2.05) is 18.2 Å². The van der Waals surface area contributed by atoms with Gasteiger partial charge in [0, 0.05) is 0 Å². The normalized spacial score (nSPS) is 10.5. The van der Waals surface area contributed by atoms with Gasteiger partial charge in [0.25, 0.3) is 0 Å². The monoisotopic (exact) mass is 328 g/mol. The number of rotatable bonds is 5. The molecule has 1 aromatic heterocycles. The molecule has 0 aliphatic carbocycles. The molecule has 0 fully saturated rings. The van der Waals surface area contributed by atoms with Gasteiger partial charge in [-0.2, -0.15) is 8.78 Å². The highest BCUT2D eigenvalue weighted by Crippen LogP contribution is 2.25. The van der Waals surface area contributed by atoms with Crippen LogP contribution in [0.25, 0.3) is 0 Å². The topological polar surface area (TPSA) is 34.1 Å². The molecular formula is C13H11BrF2N2O. The van der Waals surface area contributed by atoms with Crippen molar-refractivity contribution in [2.45, 2.75) is 13.2 Å². The summed E-state index contributed by atoms with van der Waals surface area (Å²) in [5.74, 6) is 0.118. The summed E-state index contributed by atoms with van der Waals surface area (Å²) in [6, 6.07) is 12.1. The van der Waals surface area contributed by atoms with Gasteiger partial charge in [0.2, 0.25) is 0 Å². The van der Waals surface area contributed by atoms with Crippen LogP contribution in [0, 0.1) is 0 Å². The van der Waals surface area contributed by atoms with E-state index in [9.17, 15) is 8.78 Å². The summed E-state index contributed by atoms with van der Waals surface area (Å²) in [6.07, 6.45) is 0. The van der Waals surface area contributed by atoms with E-state index in [1.165, 1.54) is 6.07 Å². The number of para-hydroxylation sites is 2. The largest absolute Gasteiger partial charge is 0.433 e. The fourth-order valence-corrected chi connectivity index (χ4v) is 1.93. The number of halogens is 3. The molecule has 0 spiro atoms. The van der Waals surface area contributed by atoms with Crippen LogP contribution in [0.3, 0.4) is 0 Å². The van der Waals surface area contributed by atoms with Gasteiger partial charge in [0.05, 0.1) is 17.9 Å². The molecule has 0 bridgehead atoms. The molecule has 100 valence electrons. The number of nitrogens with zero attached hydrogens (tertiary/aromatic N) is 1. The van der Waals surface area contributed by atoms with Crippen molar-refractivity contribution in [2.75, 3.05) is 5.32 Å². The van der Waals surface area contributed by atoms with E-state index < -0.39 is 6.61 Å². The lowest BCUT2D eigenvalue weighted by Gasteiger charge is -2.12. The second-order valence-electron chi connectivity index (χ2n) is 3.68. The van der Waals surface area contributed by atoms with Crippen molar-refractivity contribution >= 4 is 21.6 Å². The molecule has 1 N–H and O–H groups in total. The van der Waals surface area contributed by atoms with Crippen molar-refractivity contribution in [3.8, 4) is 5.75 Å². The molecule has 1 heterocycles. The smallest absolute Gasteiger partial charge is 0.387 e. The highest BCUT2D eigenvalue weighted by atomic mass is 79.9. The Labute approximate surface area is 117 Å². The molecule has 0 aliphatic rings. The SMILES string of the molecule is FC(F)Oc1ccccc1NCc1cccc(Br)n1. The van der Waals surface area contributed by atoms with Crippen molar-refractivity contribution in [1.29, 1.82) is 0 Å². The Kier molecular flexibility index (Phi) is 4.68. The zero-order valence-corrected chi connectivity index (χ0v) is 11.4. The number of hydrogen-bond donors (Lipinski definition) is 1. The minimum atomic E-state index is -2.84. The van der Waals surface area contributed by atoms with Gasteiger partial charge in [0.15, 0.2) is 0 Å². The molecule has 2 aromatic rings. The van der Waals surface area contributed by atoms with Gasteiger partial charge in [-0.1, -0.05) is 18.2 Å². The van der Waals surface area contributed by atoms with E-state index in [-0.39, 0.29) is 5.75 Å². The van der Waals surface area contributed by atoms with E-state index in [2.05, 4.69) is 31.0 Å². The Hall–Kier alpha value is -1.69. The molecular weight excluding hydrogens is 318 g/mol. The molecule has 0 saturated heterocycles. The molecule has 0 radical (unpaired) electrons. The van der Waals surface area contributed by atoms with E-state index in [1.54, 1.807) is 18.2 Å². The predicted octanol–water partition coefficient (Wildman–Crippen LogP) is 4.06. The van der Waals surface area contributed by atoms with Gasteiger partial charge in [-0.05, 0) is 40.2 Å². The second-order valence-corrected chi connectivity index (χ2v) is 4.49. The molecule has 0 amide bonds. The Bertz CT molecular complexity index is 552. The van der Waals surface area contributed by atoms with Crippen LogP contribution in [0.5, 0.6) is 5.75 Å². The van der Waals surface area contributed by atoms with Gasteiger partial charge < -0.3 is 10.1 Å². The minimum Gasteiger partial charge on any atom is -0.433 e. The van der Waals surface area contributed by atoms with Gasteiger partial charge >= 0.3 is 6.61 Å². The molecule has 0 aliphatic heterocycles. The Morgan fingerprint density at radius 3 is 2.68 bits per heavy atom. The third kappa shape index (κ3) is 4.17. The third-order valence-electron chi connectivity index (χ3n) is 2.34. The predicted molar refractivity (Wildman–Crippen MR) is 72.3 cm³/mol. The fourth-order valence-electron chi connectivity index (χ4n) is 1.55. The molecule has 6 heteroatoms. The van der Waals surface area contributed by atoms with Crippen molar-refractivity contribution in [1.82, 2.24) is 4.98 Å². The first-order chi connectivity index (χ1) is 9.15. The molecule has 3 nitrogen and oxygen atoms in total. The number of anilines is 1. The van der Waals surface area contributed by atoms with Crippen LogP contribution in [-0.4, -0.2) is 11.6 Å². The summed E-state index contributed by atoms with van der Waals surface area (Å²) in [7, 11) is 0. The van der Waals surface area contributed by atoms with Crippen LogP contribution in [0.15, 0.2) is 47.1 Å². The first kappa shape index (κ1) is 13.7. The van der Waals surface area contributed by atoms with Crippen molar-refractivity contribution in [2.24, 2.45) is 0 Å². The van der Waals surface area contributed by atoms with Crippen molar-refractivity contribution in [3.63, 3.8) is 0 Å². The van der Waals surface area contributed by atoms with E-state index in [0.717, 1.165) is 10.3 Å². The standard InChI is InChI=1S/C13H11BrF2N2O/c14-12-7-3-4-9(18-12)8-17-10-5-1-2-6-11(10)19-13(15)16/h1-7,13,17H,8H2. The molecule has 0 saturated carbocycles. The lowest BCUT2D eigenvalue weighted by molar-refractivity contribution is -0.0493. The second kappa shape index (κ2) is 6.47. The van der Waals surface area contributed by atoms with Crippen molar-refractivity contribution < 1.29 is 13.5 Å². The Morgan fingerprint density at radius 2 is 1.95 bits per heavy atom. The number of pyridine rings is 1. The van der Waals surface area contributed by atoms with E-state index in [4.69, 9.17) is 0 Å². The molecule has 0 unspecified atom stereocenters. The van der Waals surface area contributed by atoms with Gasteiger partial charge in [0.1, 0.15) is 10.4 Å². The van der Waals surface area contributed by atoms with Crippen LogP contribution in [0.1, 0.15) is 5.69 Å². The lowest BCUT2D eigenvalue weighted by atomic mass is 10.3. The van der Waals surface area contributed by atoms with Crippen molar-refractivity contribution in [3.05, 3.63) is 52.8 Å². The zero-order chi connectivity index (χ0) is 13.7. The maximum absolute atomic E-state index is 12.2.